The molecule has 0 aliphatic heterocycles. The summed E-state index contributed by atoms with van der Waals surface area (Å²) < 4.78 is 27.8. The van der Waals surface area contributed by atoms with E-state index in [1.807, 2.05) is 56.3 Å². The summed E-state index contributed by atoms with van der Waals surface area (Å²) >= 11 is 5.89. The molecule has 0 bridgehead atoms. The molecule has 1 atom stereocenters. The van der Waals surface area contributed by atoms with Crippen LogP contribution in [0.15, 0.2) is 65.6 Å². The number of rotatable bonds is 9. The molecule has 0 unspecified atom stereocenters. The molecule has 0 saturated heterocycles. The van der Waals surface area contributed by atoms with Crippen LogP contribution in [0, 0.1) is 5.92 Å². The summed E-state index contributed by atoms with van der Waals surface area (Å²) in [6.45, 7) is 3.97. The normalized spacial score (nSPS) is 13.6. The van der Waals surface area contributed by atoms with E-state index in [9.17, 15) is 13.5 Å². The molecule has 0 aliphatic rings. The SMILES string of the molecule is CC(C)C[C@@H](CO)N(C/C=C/c1ccccc1)S(=O)(=O)c1ccc(Cl)cc1. The van der Waals surface area contributed by atoms with E-state index < -0.39 is 16.1 Å². The molecular formula is C21H26ClNO3S. The summed E-state index contributed by atoms with van der Waals surface area (Å²) in [7, 11) is -3.77. The van der Waals surface area contributed by atoms with Crippen LogP contribution in [-0.4, -0.2) is 37.0 Å². The molecule has 0 aliphatic carbocycles. The fourth-order valence-corrected chi connectivity index (χ4v) is 4.57. The maximum absolute atomic E-state index is 13.2. The Balaban J connectivity index is 2.33. The highest BCUT2D eigenvalue weighted by atomic mass is 35.5. The van der Waals surface area contributed by atoms with Gasteiger partial charge < -0.3 is 5.11 Å². The number of aliphatic hydroxyl groups is 1. The van der Waals surface area contributed by atoms with Gasteiger partial charge in [0.05, 0.1) is 11.5 Å². The van der Waals surface area contributed by atoms with Crippen molar-refractivity contribution in [3.8, 4) is 0 Å². The Bertz CT molecular complexity index is 833. The fourth-order valence-electron chi connectivity index (χ4n) is 2.87. The molecule has 0 amide bonds. The molecule has 2 aromatic rings. The van der Waals surface area contributed by atoms with Crippen LogP contribution in [0.4, 0.5) is 0 Å². The van der Waals surface area contributed by atoms with E-state index in [1.54, 1.807) is 12.1 Å². The summed E-state index contributed by atoms with van der Waals surface area (Å²) in [4.78, 5) is 0.169. The van der Waals surface area contributed by atoms with Crippen LogP contribution in [0.3, 0.4) is 0 Å². The van der Waals surface area contributed by atoms with Gasteiger partial charge >= 0.3 is 0 Å². The lowest BCUT2D eigenvalue weighted by atomic mass is 10.0. The maximum atomic E-state index is 13.2. The zero-order chi connectivity index (χ0) is 19.9. The third-order valence-electron chi connectivity index (χ3n) is 4.18. The Morgan fingerprint density at radius 1 is 1.07 bits per heavy atom. The summed E-state index contributed by atoms with van der Waals surface area (Å²) in [5, 5.41) is 10.3. The van der Waals surface area contributed by atoms with Crippen molar-refractivity contribution in [2.45, 2.75) is 31.2 Å². The zero-order valence-electron chi connectivity index (χ0n) is 15.6. The monoisotopic (exact) mass is 407 g/mol. The summed E-state index contributed by atoms with van der Waals surface area (Å²) in [5.74, 6) is 0.253. The Labute approximate surface area is 167 Å². The fraction of sp³-hybridized carbons (Fsp3) is 0.333. The zero-order valence-corrected chi connectivity index (χ0v) is 17.2. The lowest BCUT2D eigenvalue weighted by Crippen LogP contribution is -2.43. The van der Waals surface area contributed by atoms with E-state index >= 15 is 0 Å². The average Bonchev–Trinajstić information content (AvgIpc) is 2.64. The van der Waals surface area contributed by atoms with Crippen molar-refractivity contribution in [3.05, 3.63) is 71.3 Å². The number of nitrogens with zero attached hydrogens (tertiary/aromatic N) is 1. The minimum atomic E-state index is -3.77. The van der Waals surface area contributed by atoms with E-state index in [0.29, 0.717) is 11.4 Å². The van der Waals surface area contributed by atoms with Gasteiger partial charge in [0.1, 0.15) is 0 Å². The second kappa shape index (κ2) is 10.0. The van der Waals surface area contributed by atoms with Crippen molar-refractivity contribution in [2.75, 3.05) is 13.2 Å². The van der Waals surface area contributed by atoms with Crippen LogP contribution in [0.25, 0.3) is 6.08 Å². The number of hydrogen-bond donors (Lipinski definition) is 1. The van der Waals surface area contributed by atoms with Gasteiger partial charge in [-0.05, 0) is 42.2 Å². The number of benzene rings is 2. The van der Waals surface area contributed by atoms with E-state index in [-0.39, 0.29) is 24.0 Å². The molecule has 2 rings (SSSR count). The van der Waals surface area contributed by atoms with E-state index in [1.165, 1.54) is 16.4 Å². The molecule has 0 fully saturated rings. The van der Waals surface area contributed by atoms with Crippen LogP contribution in [-0.2, 0) is 10.0 Å². The standard InChI is InChI=1S/C21H26ClNO3S/c1-17(2)15-20(16-24)23(14-6-9-18-7-4-3-5-8-18)27(25,26)21-12-10-19(22)11-13-21/h3-13,17,20,24H,14-16H2,1-2H3/b9-6+/t20-/m0/s1. The van der Waals surface area contributed by atoms with Gasteiger partial charge in [0.15, 0.2) is 0 Å². The first kappa shape index (κ1) is 21.6. The summed E-state index contributed by atoms with van der Waals surface area (Å²) in [5.41, 5.74) is 0.991. The van der Waals surface area contributed by atoms with Crippen molar-refractivity contribution in [1.82, 2.24) is 4.31 Å². The molecule has 0 spiro atoms. The van der Waals surface area contributed by atoms with Crippen LogP contribution in [0.1, 0.15) is 25.8 Å². The van der Waals surface area contributed by atoms with E-state index in [4.69, 9.17) is 11.6 Å². The van der Waals surface area contributed by atoms with Crippen molar-refractivity contribution in [3.63, 3.8) is 0 Å². The Morgan fingerprint density at radius 2 is 1.70 bits per heavy atom. The predicted octanol–water partition coefficient (Wildman–Crippen LogP) is 4.45. The highest BCUT2D eigenvalue weighted by Crippen LogP contribution is 2.23. The van der Waals surface area contributed by atoms with Gasteiger partial charge in [-0.3, -0.25) is 0 Å². The molecule has 0 aromatic heterocycles. The van der Waals surface area contributed by atoms with E-state index in [0.717, 1.165) is 5.56 Å². The van der Waals surface area contributed by atoms with E-state index in [2.05, 4.69) is 0 Å². The summed E-state index contributed by atoms with van der Waals surface area (Å²) in [6.07, 6.45) is 4.27. The van der Waals surface area contributed by atoms with Crippen LogP contribution in [0.2, 0.25) is 5.02 Å². The van der Waals surface area contributed by atoms with Gasteiger partial charge in [0, 0.05) is 17.6 Å². The number of halogens is 1. The first-order chi connectivity index (χ1) is 12.8. The number of aliphatic hydroxyl groups excluding tert-OH is 1. The van der Waals surface area contributed by atoms with Crippen molar-refractivity contribution in [2.24, 2.45) is 5.92 Å². The van der Waals surface area contributed by atoms with Crippen LogP contribution < -0.4 is 0 Å². The topological polar surface area (TPSA) is 57.6 Å². The highest BCUT2D eigenvalue weighted by Gasteiger charge is 2.30. The lowest BCUT2D eigenvalue weighted by molar-refractivity contribution is 0.175. The van der Waals surface area contributed by atoms with Gasteiger partial charge in [-0.25, -0.2) is 8.42 Å². The highest BCUT2D eigenvalue weighted by molar-refractivity contribution is 7.89. The smallest absolute Gasteiger partial charge is 0.243 e. The first-order valence-corrected chi connectivity index (χ1v) is 10.8. The Kier molecular flexibility index (Phi) is 8.05. The second-order valence-electron chi connectivity index (χ2n) is 6.81. The van der Waals surface area contributed by atoms with Crippen molar-refractivity contribution in [1.29, 1.82) is 0 Å². The third kappa shape index (κ3) is 6.18. The van der Waals surface area contributed by atoms with Crippen LogP contribution >= 0.6 is 11.6 Å². The molecule has 146 valence electrons. The molecule has 0 heterocycles. The Hall–Kier alpha value is -1.66. The molecule has 2 aromatic carbocycles. The minimum absolute atomic E-state index is 0.169. The molecular weight excluding hydrogens is 382 g/mol. The van der Waals surface area contributed by atoms with Gasteiger partial charge in [-0.1, -0.05) is 67.9 Å². The molecule has 4 nitrogen and oxygen atoms in total. The van der Waals surface area contributed by atoms with Gasteiger partial charge in [0.2, 0.25) is 10.0 Å². The first-order valence-electron chi connectivity index (χ1n) is 8.94. The van der Waals surface area contributed by atoms with Gasteiger partial charge in [-0.15, -0.1) is 0 Å². The maximum Gasteiger partial charge on any atom is 0.243 e. The molecule has 1 N–H and O–H groups in total. The molecule has 0 saturated carbocycles. The van der Waals surface area contributed by atoms with Gasteiger partial charge in [0.25, 0.3) is 0 Å². The average molecular weight is 408 g/mol. The number of sulfonamides is 1. The minimum Gasteiger partial charge on any atom is -0.395 e. The number of hydrogen-bond acceptors (Lipinski definition) is 3. The van der Waals surface area contributed by atoms with Crippen LogP contribution in [0.5, 0.6) is 0 Å². The molecule has 0 radical (unpaired) electrons. The molecule has 6 heteroatoms. The largest absolute Gasteiger partial charge is 0.395 e. The lowest BCUT2D eigenvalue weighted by Gasteiger charge is -2.30. The quantitative estimate of drug-likeness (QED) is 0.668. The second-order valence-corrected chi connectivity index (χ2v) is 9.13. The van der Waals surface area contributed by atoms with Gasteiger partial charge in [-0.2, -0.15) is 4.31 Å². The Morgan fingerprint density at radius 3 is 2.26 bits per heavy atom. The predicted molar refractivity (Wildman–Crippen MR) is 111 cm³/mol. The van der Waals surface area contributed by atoms with Crippen molar-refractivity contribution < 1.29 is 13.5 Å². The third-order valence-corrected chi connectivity index (χ3v) is 6.36. The summed E-state index contributed by atoms with van der Waals surface area (Å²) in [6, 6.07) is 15.3. The molecule has 27 heavy (non-hydrogen) atoms. The van der Waals surface area contributed by atoms with Crippen molar-refractivity contribution >= 4 is 27.7 Å².